The van der Waals surface area contributed by atoms with Gasteiger partial charge in [0.05, 0.1) is 17.9 Å². The van der Waals surface area contributed by atoms with Crippen LogP contribution >= 0.6 is 0 Å². The summed E-state index contributed by atoms with van der Waals surface area (Å²) in [5.41, 5.74) is 6.81. The van der Waals surface area contributed by atoms with E-state index in [2.05, 4.69) is 0 Å². The Morgan fingerprint density at radius 2 is 1.39 bits per heavy atom. The van der Waals surface area contributed by atoms with Gasteiger partial charge in [0.25, 0.3) is 0 Å². The Morgan fingerprint density at radius 1 is 0.944 bits per heavy atom. The lowest BCUT2D eigenvalue weighted by Gasteiger charge is -2.22. The third kappa shape index (κ3) is 2.87. The molecule has 0 bridgehead atoms. The molecule has 0 aliphatic carbocycles. The van der Waals surface area contributed by atoms with Gasteiger partial charge in [0.15, 0.2) is 0 Å². The van der Waals surface area contributed by atoms with E-state index in [1.165, 1.54) is 5.06 Å². The lowest BCUT2D eigenvalue weighted by molar-refractivity contribution is -0.142. The summed E-state index contributed by atoms with van der Waals surface area (Å²) in [7, 11) is 0. The Balaban J connectivity index is 2.32. The zero-order chi connectivity index (χ0) is 12.8. The standard InChI is InChI=1S/C14H14N2O2/c15-11-14(17)18-16(12-7-3-1-4-8-12)13-9-5-2-6-10-13/h1-10H,11,15H2. The molecular formula is C14H14N2O2. The Morgan fingerprint density at radius 3 is 1.78 bits per heavy atom. The summed E-state index contributed by atoms with van der Waals surface area (Å²) in [4.78, 5) is 16.6. The Labute approximate surface area is 106 Å². The number of anilines is 2. The first-order valence-corrected chi connectivity index (χ1v) is 5.62. The van der Waals surface area contributed by atoms with Crippen LogP contribution in [0.1, 0.15) is 0 Å². The minimum Gasteiger partial charge on any atom is -0.335 e. The highest BCUT2D eigenvalue weighted by molar-refractivity contribution is 5.75. The SMILES string of the molecule is NCC(=O)ON(c1ccccc1)c1ccccc1. The van der Waals surface area contributed by atoms with Crippen LogP contribution in [0.2, 0.25) is 0 Å². The van der Waals surface area contributed by atoms with Gasteiger partial charge in [-0.15, -0.1) is 0 Å². The average molecular weight is 242 g/mol. The van der Waals surface area contributed by atoms with Crippen molar-refractivity contribution < 1.29 is 9.63 Å². The number of nitrogens with zero attached hydrogens (tertiary/aromatic N) is 1. The van der Waals surface area contributed by atoms with Crippen molar-refractivity contribution in [2.45, 2.75) is 0 Å². The normalized spacial score (nSPS) is 9.83. The van der Waals surface area contributed by atoms with E-state index in [9.17, 15) is 4.79 Å². The molecule has 0 heterocycles. The van der Waals surface area contributed by atoms with E-state index in [-0.39, 0.29) is 6.54 Å². The lowest BCUT2D eigenvalue weighted by Crippen LogP contribution is -2.27. The van der Waals surface area contributed by atoms with Gasteiger partial charge < -0.3 is 10.6 Å². The molecule has 0 unspecified atom stereocenters. The lowest BCUT2D eigenvalue weighted by atomic mass is 10.2. The quantitative estimate of drug-likeness (QED) is 0.835. The van der Waals surface area contributed by atoms with Crippen molar-refractivity contribution in [2.75, 3.05) is 11.6 Å². The van der Waals surface area contributed by atoms with Gasteiger partial charge in [0.1, 0.15) is 0 Å². The van der Waals surface area contributed by atoms with Crippen molar-refractivity contribution in [3.63, 3.8) is 0 Å². The Hall–Kier alpha value is -2.33. The minimum absolute atomic E-state index is 0.157. The first-order chi connectivity index (χ1) is 8.81. The fraction of sp³-hybridized carbons (Fsp3) is 0.0714. The molecule has 0 atom stereocenters. The molecule has 2 aromatic rings. The van der Waals surface area contributed by atoms with E-state index in [1.807, 2.05) is 60.7 Å². The monoisotopic (exact) mass is 242 g/mol. The first-order valence-electron chi connectivity index (χ1n) is 5.62. The van der Waals surface area contributed by atoms with Crippen molar-refractivity contribution in [3.05, 3.63) is 60.7 Å². The van der Waals surface area contributed by atoms with Gasteiger partial charge >= 0.3 is 5.97 Å². The van der Waals surface area contributed by atoms with Gasteiger partial charge in [-0.25, -0.2) is 4.79 Å². The number of para-hydroxylation sites is 2. The van der Waals surface area contributed by atoms with Crippen molar-refractivity contribution in [2.24, 2.45) is 5.73 Å². The second kappa shape index (κ2) is 5.84. The highest BCUT2D eigenvalue weighted by atomic mass is 16.7. The molecule has 0 saturated carbocycles. The zero-order valence-corrected chi connectivity index (χ0v) is 9.82. The van der Waals surface area contributed by atoms with Crippen molar-refractivity contribution in [1.82, 2.24) is 0 Å². The molecule has 0 spiro atoms. The zero-order valence-electron chi connectivity index (χ0n) is 9.82. The van der Waals surface area contributed by atoms with Gasteiger partial charge in [-0.1, -0.05) is 36.4 Å². The fourth-order valence-corrected chi connectivity index (χ4v) is 1.52. The third-order valence-electron chi connectivity index (χ3n) is 2.34. The minimum atomic E-state index is -0.484. The number of hydrogen-bond donors (Lipinski definition) is 1. The number of hydrogen-bond acceptors (Lipinski definition) is 4. The molecule has 92 valence electrons. The second-order valence-electron chi connectivity index (χ2n) is 3.63. The molecular weight excluding hydrogens is 228 g/mol. The number of carbonyl (C=O) groups excluding carboxylic acids is 1. The molecule has 2 N–H and O–H groups in total. The van der Waals surface area contributed by atoms with E-state index in [0.717, 1.165) is 11.4 Å². The van der Waals surface area contributed by atoms with E-state index in [4.69, 9.17) is 10.6 Å². The average Bonchev–Trinajstić information content (AvgIpc) is 2.46. The van der Waals surface area contributed by atoms with Crippen LogP contribution in [0.4, 0.5) is 11.4 Å². The molecule has 4 heteroatoms. The summed E-state index contributed by atoms with van der Waals surface area (Å²) in [6.07, 6.45) is 0. The van der Waals surface area contributed by atoms with Gasteiger partial charge in [0.2, 0.25) is 0 Å². The Kier molecular flexibility index (Phi) is 3.94. The summed E-state index contributed by atoms with van der Waals surface area (Å²) >= 11 is 0. The predicted octanol–water partition coefficient (Wildman–Crippen LogP) is 2.24. The first kappa shape index (κ1) is 12.1. The molecule has 0 fully saturated rings. The molecule has 0 amide bonds. The van der Waals surface area contributed by atoms with Crippen molar-refractivity contribution in [3.8, 4) is 0 Å². The van der Waals surface area contributed by atoms with E-state index >= 15 is 0 Å². The predicted molar refractivity (Wildman–Crippen MR) is 70.2 cm³/mol. The third-order valence-corrected chi connectivity index (χ3v) is 2.34. The fourth-order valence-electron chi connectivity index (χ4n) is 1.52. The summed E-state index contributed by atoms with van der Waals surface area (Å²) < 4.78 is 0. The van der Waals surface area contributed by atoms with Crippen molar-refractivity contribution >= 4 is 17.3 Å². The molecule has 0 aliphatic heterocycles. The van der Waals surface area contributed by atoms with Gasteiger partial charge in [-0.3, -0.25) is 0 Å². The van der Waals surface area contributed by atoms with Crippen LogP contribution in [0.5, 0.6) is 0 Å². The molecule has 4 nitrogen and oxygen atoms in total. The van der Waals surface area contributed by atoms with Crippen LogP contribution in [0.15, 0.2) is 60.7 Å². The number of nitrogens with two attached hydrogens (primary N) is 1. The largest absolute Gasteiger partial charge is 0.346 e. The highest BCUT2D eigenvalue weighted by Gasteiger charge is 2.13. The van der Waals surface area contributed by atoms with Crippen LogP contribution < -0.4 is 10.8 Å². The van der Waals surface area contributed by atoms with Crippen LogP contribution in [0.3, 0.4) is 0 Å². The van der Waals surface area contributed by atoms with Gasteiger partial charge in [-0.2, -0.15) is 5.06 Å². The topological polar surface area (TPSA) is 55.6 Å². The maximum atomic E-state index is 11.4. The summed E-state index contributed by atoms with van der Waals surface area (Å²) in [5.74, 6) is -0.484. The summed E-state index contributed by atoms with van der Waals surface area (Å²) in [6.45, 7) is -0.157. The number of benzene rings is 2. The highest BCUT2D eigenvalue weighted by Crippen LogP contribution is 2.24. The van der Waals surface area contributed by atoms with E-state index in [0.29, 0.717) is 0 Å². The maximum Gasteiger partial charge on any atom is 0.346 e. The van der Waals surface area contributed by atoms with Gasteiger partial charge in [0, 0.05) is 0 Å². The van der Waals surface area contributed by atoms with Gasteiger partial charge in [-0.05, 0) is 24.3 Å². The number of rotatable bonds is 4. The molecule has 0 saturated heterocycles. The van der Waals surface area contributed by atoms with Crippen LogP contribution in [-0.2, 0) is 9.63 Å². The molecule has 0 aliphatic rings. The molecule has 18 heavy (non-hydrogen) atoms. The Bertz CT molecular complexity index is 460. The maximum absolute atomic E-state index is 11.4. The summed E-state index contributed by atoms with van der Waals surface area (Å²) in [5, 5.41) is 1.47. The van der Waals surface area contributed by atoms with E-state index in [1.54, 1.807) is 0 Å². The molecule has 0 radical (unpaired) electrons. The van der Waals surface area contributed by atoms with Crippen LogP contribution in [-0.4, -0.2) is 12.5 Å². The summed E-state index contributed by atoms with van der Waals surface area (Å²) in [6, 6.07) is 18.7. The molecule has 2 aromatic carbocycles. The van der Waals surface area contributed by atoms with Crippen molar-refractivity contribution in [1.29, 1.82) is 0 Å². The smallest absolute Gasteiger partial charge is 0.335 e. The molecule has 2 rings (SSSR count). The number of carbonyl (C=O) groups is 1. The second-order valence-corrected chi connectivity index (χ2v) is 3.63. The van der Waals surface area contributed by atoms with E-state index < -0.39 is 5.97 Å². The molecule has 0 aromatic heterocycles. The van der Waals surface area contributed by atoms with Crippen LogP contribution in [0.25, 0.3) is 0 Å². The van der Waals surface area contributed by atoms with Crippen LogP contribution in [0, 0.1) is 0 Å².